The summed E-state index contributed by atoms with van der Waals surface area (Å²) in [6.45, 7) is 1.45. The zero-order valence-corrected chi connectivity index (χ0v) is 11.7. The number of carbonyl (C=O) groups excluding carboxylic acids is 1. The third kappa shape index (κ3) is 3.60. The number of halogens is 1. The lowest BCUT2D eigenvalue weighted by molar-refractivity contribution is -0.384. The van der Waals surface area contributed by atoms with E-state index in [9.17, 15) is 14.9 Å². The largest absolute Gasteiger partial charge is 0.325 e. The summed E-state index contributed by atoms with van der Waals surface area (Å²) in [5, 5.41) is 13.5. The number of urea groups is 1. The highest BCUT2D eigenvalue weighted by molar-refractivity contribution is 6.32. The van der Waals surface area contributed by atoms with E-state index in [0.29, 0.717) is 5.69 Å². The van der Waals surface area contributed by atoms with E-state index >= 15 is 0 Å². The molecule has 0 aliphatic carbocycles. The van der Waals surface area contributed by atoms with Crippen molar-refractivity contribution in [3.05, 3.63) is 33.3 Å². The standard InChI is InChI=1S/C13H16ClN3O3/c14-11-6-5-10(9-12(11)17(19)20)15-13(18)16-7-3-1-2-4-8-16/h5-6,9H,1-4,7-8H2,(H,15,18). The molecule has 6 nitrogen and oxygen atoms in total. The van der Waals surface area contributed by atoms with Gasteiger partial charge in [0.1, 0.15) is 5.02 Å². The Morgan fingerprint density at radius 1 is 1.25 bits per heavy atom. The number of hydrogen-bond donors (Lipinski definition) is 1. The van der Waals surface area contributed by atoms with Crippen molar-refractivity contribution in [2.24, 2.45) is 0 Å². The van der Waals surface area contributed by atoms with Crippen molar-refractivity contribution in [1.29, 1.82) is 0 Å². The van der Waals surface area contributed by atoms with Gasteiger partial charge in [-0.25, -0.2) is 4.79 Å². The molecule has 1 aliphatic heterocycles. The van der Waals surface area contributed by atoms with E-state index in [1.54, 1.807) is 11.0 Å². The normalized spacial score (nSPS) is 15.6. The molecule has 0 radical (unpaired) electrons. The third-order valence-electron chi connectivity index (χ3n) is 3.29. The first-order valence-electron chi connectivity index (χ1n) is 6.58. The van der Waals surface area contributed by atoms with Gasteiger partial charge < -0.3 is 10.2 Å². The maximum absolute atomic E-state index is 12.1. The Morgan fingerprint density at radius 3 is 2.50 bits per heavy atom. The van der Waals surface area contributed by atoms with E-state index < -0.39 is 4.92 Å². The summed E-state index contributed by atoms with van der Waals surface area (Å²) in [4.78, 5) is 24.1. The quantitative estimate of drug-likeness (QED) is 0.668. The van der Waals surface area contributed by atoms with Crippen molar-refractivity contribution < 1.29 is 9.72 Å². The second kappa shape index (κ2) is 6.56. The molecule has 0 bridgehead atoms. The molecule has 1 aromatic rings. The van der Waals surface area contributed by atoms with Crippen molar-refractivity contribution >= 4 is 29.0 Å². The molecule has 1 fully saturated rings. The molecule has 2 amide bonds. The lowest BCUT2D eigenvalue weighted by Crippen LogP contribution is -2.35. The van der Waals surface area contributed by atoms with Gasteiger partial charge >= 0.3 is 6.03 Å². The molecule has 108 valence electrons. The zero-order valence-electron chi connectivity index (χ0n) is 11.0. The summed E-state index contributed by atoms with van der Waals surface area (Å²) in [6.07, 6.45) is 4.26. The van der Waals surface area contributed by atoms with Crippen LogP contribution in [0.1, 0.15) is 25.7 Å². The molecule has 0 saturated carbocycles. The first kappa shape index (κ1) is 14.6. The Labute approximate surface area is 121 Å². The fourth-order valence-corrected chi connectivity index (χ4v) is 2.39. The molecule has 7 heteroatoms. The van der Waals surface area contributed by atoms with Crippen LogP contribution in [0.15, 0.2) is 18.2 Å². The molecule has 0 unspecified atom stereocenters. The summed E-state index contributed by atoms with van der Waals surface area (Å²) >= 11 is 5.73. The fraction of sp³-hybridized carbons (Fsp3) is 0.462. The van der Waals surface area contributed by atoms with Crippen LogP contribution in [0.25, 0.3) is 0 Å². The number of nitro benzene ring substituents is 1. The Hall–Kier alpha value is -1.82. The van der Waals surface area contributed by atoms with Gasteiger partial charge in [-0.05, 0) is 25.0 Å². The average Bonchev–Trinajstić information content (AvgIpc) is 2.69. The van der Waals surface area contributed by atoms with E-state index in [0.717, 1.165) is 38.8 Å². The number of likely N-dealkylation sites (tertiary alicyclic amines) is 1. The molecule has 2 rings (SSSR count). The van der Waals surface area contributed by atoms with E-state index in [4.69, 9.17) is 11.6 Å². The molecule has 1 aromatic carbocycles. The number of rotatable bonds is 2. The number of nitrogens with one attached hydrogen (secondary N) is 1. The topological polar surface area (TPSA) is 75.5 Å². The summed E-state index contributed by atoms with van der Waals surface area (Å²) < 4.78 is 0. The highest BCUT2D eigenvalue weighted by Crippen LogP contribution is 2.27. The van der Waals surface area contributed by atoms with Crippen LogP contribution >= 0.6 is 11.6 Å². The highest BCUT2D eigenvalue weighted by atomic mass is 35.5. The van der Waals surface area contributed by atoms with Gasteiger partial charge in [-0.15, -0.1) is 0 Å². The molecule has 1 heterocycles. The van der Waals surface area contributed by atoms with Crippen LogP contribution < -0.4 is 5.32 Å². The smallest absolute Gasteiger partial charge is 0.321 e. The second-order valence-electron chi connectivity index (χ2n) is 4.75. The summed E-state index contributed by atoms with van der Waals surface area (Å²) in [6, 6.07) is 4.03. The first-order valence-corrected chi connectivity index (χ1v) is 6.95. The molecule has 0 atom stereocenters. The lowest BCUT2D eigenvalue weighted by atomic mass is 10.2. The Bertz CT molecular complexity index is 514. The van der Waals surface area contributed by atoms with E-state index in [-0.39, 0.29) is 16.7 Å². The molecule has 0 spiro atoms. The predicted octanol–water partition coefficient (Wildman–Crippen LogP) is 3.66. The molecule has 20 heavy (non-hydrogen) atoms. The summed E-state index contributed by atoms with van der Waals surface area (Å²) in [7, 11) is 0. The maximum atomic E-state index is 12.1. The van der Waals surface area contributed by atoms with Crippen molar-refractivity contribution in [2.45, 2.75) is 25.7 Å². The van der Waals surface area contributed by atoms with Gasteiger partial charge in [0, 0.05) is 24.8 Å². The lowest BCUT2D eigenvalue weighted by Gasteiger charge is -2.20. The molecule has 0 aromatic heterocycles. The third-order valence-corrected chi connectivity index (χ3v) is 3.61. The van der Waals surface area contributed by atoms with E-state index in [2.05, 4.69) is 5.32 Å². The van der Waals surface area contributed by atoms with Gasteiger partial charge in [0.15, 0.2) is 0 Å². The first-order chi connectivity index (χ1) is 9.58. The minimum atomic E-state index is -0.566. The number of amides is 2. The SMILES string of the molecule is O=C(Nc1ccc(Cl)c([N+](=O)[O-])c1)N1CCCCCC1. The van der Waals surface area contributed by atoms with Crippen molar-refractivity contribution in [3.63, 3.8) is 0 Å². The summed E-state index contributed by atoms with van der Waals surface area (Å²) in [5.41, 5.74) is 0.177. The number of benzene rings is 1. The van der Waals surface area contributed by atoms with Crippen LogP contribution in [-0.4, -0.2) is 28.9 Å². The zero-order chi connectivity index (χ0) is 14.5. The molecule has 1 aliphatic rings. The highest BCUT2D eigenvalue weighted by Gasteiger charge is 2.18. The minimum Gasteiger partial charge on any atom is -0.325 e. The number of hydrogen-bond acceptors (Lipinski definition) is 3. The Balaban J connectivity index is 2.07. The van der Waals surface area contributed by atoms with E-state index in [1.807, 2.05) is 0 Å². The molecule has 1 saturated heterocycles. The molecule has 1 N–H and O–H groups in total. The number of anilines is 1. The second-order valence-corrected chi connectivity index (χ2v) is 5.16. The van der Waals surface area contributed by atoms with Gasteiger partial charge in [-0.1, -0.05) is 24.4 Å². The van der Waals surface area contributed by atoms with Gasteiger partial charge in [0.05, 0.1) is 4.92 Å². The van der Waals surface area contributed by atoms with Gasteiger partial charge in [-0.3, -0.25) is 10.1 Å². The van der Waals surface area contributed by atoms with Gasteiger partial charge in [-0.2, -0.15) is 0 Å². The summed E-state index contributed by atoms with van der Waals surface area (Å²) in [5.74, 6) is 0. The van der Waals surface area contributed by atoms with Gasteiger partial charge in [0.25, 0.3) is 5.69 Å². The van der Waals surface area contributed by atoms with Crippen LogP contribution in [-0.2, 0) is 0 Å². The number of carbonyl (C=O) groups is 1. The van der Waals surface area contributed by atoms with Crippen LogP contribution in [0, 0.1) is 10.1 Å². The van der Waals surface area contributed by atoms with Gasteiger partial charge in [0.2, 0.25) is 0 Å². The van der Waals surface area contributed by atoms with Crippen LogP contribution in [0.4, 0.5) is 16.2 Å². The monoisotopic (exact) mass is 297 g/mol. The molecular formula is C13H16ClN3O3. The average molecular weight is 298 g/mol. The predicted molar refractivity (Wildman–Crippen MR) is 77.2 cm³/mol. The van der Waals surface area contributed by atoms with E-state index in [1.165, 1.54) is 12.1 Å². The number of nitro groups is 1. The van der Waals surface area contributed by atoms with Crippen LogP contribution in [0.5, 0.6) is 0 Å². The van der Waals surface area contributed by atoms with Crippen LogP contribution in [0.3, 0.4) is 0 Å². The Kier molecular flexibility index (Phi) is 4.79. The number of nitrogens with zero attached hydrogens (tertiary/aromatic N) is 2. The van der Waals surface area contributed by atoms with Crippen molar-refractivity contribution in [1.82, 2.24) is 4.90 Å². The van der Waals surface area contributed by atoms with Crippen molar-refractivity contribution in [3.8, 4) is 0 Å². The fourth-order valence-electron chi connectivity index (χ4n) is 2.21. The molecular weight excluding hydrogens is 282 g/mol. The maximum Gasteiger partial charge on any atom is 0.321 e. The van der Waals surface area contributed by atoms with Crippen LogP contribution in [0.2, 0.25) is 5.02 Å². The Morgan fingerprint density at radius 2 is 1.90 bits per heavy atom. The minimum absolute atomic E-state index is 0.0581. The van der Waals surface area contributed by atoms with Crippen molar-refractivity contribution in [2.75, 3.05) is 18.4 Å².